The molecule has 2 aliphatic rings. The highest BCUT2D eigenvalue weighted by atomic mass is 16.2. The Hall–Kier alpha value is -3.95. The van der Waals surface area contributed by atoms with Crippen molar-refractivity contribution in [2.45, 2.75) is 37.6 Å². The van der Waals surface area contributed by atoms with E-state index in [4.69, 9.17) is 4.98 Å². The summed E-state index contributed by atoms with van der Waals surface area (Å²) in [5.41, 5.74) is 2.00. The third-order valence-electron chi connectivity index (χ3n) is 5.97. The van der Waals surface area contributed by atoms with Gasteiger partial charge in [0.05, 0.1) is 0 Å². The second kappa shape index (κ2) is 7.63. The van der Waals surface area contributed by atoms with Crippen molar-refractivity contribution >= 4 is 34.8 Å². The molecule has 10 heteroatoms. The number of nitrogens with one attached hydrogen (secondary N) is 3. The van der Waals surface area contributed by atoms with Gasteiger partial charge < -0.3 is 15.5 Å². The second-order valence-corrected chi connectivity index (χ2v) is 8.26. The van der Waals surface area contributed by atoms with Crippen LogP contribution in [0.3, 0.4) is 0 Å². The van der Waals surface area contributed by atoms with Crippen molar-refractivity contribution in [3.63, 3.8) is 0 Å². The lowest BCUT2D eigenvalue weighted by Crippen LogP contribution is -2.41. The fourth-order valence-electron chi connectivity index (χ4n) is 4.19. The van der Waals surface area contributed by atoms with E-state index < -0.39 is 0 Å². The van der Waals surface area contributed by atoms with Crippen LogP contribution < -0.4 is 15.5 Å². The molecule has 4 aromatic rings. The van der Waals surface area contributed by atoms with Gasteiger partial charge in [-0.25, -0.2) is 9.50 Å². The Morgan fingerprint density at radius 2 is 2.06 bits per heavy atom. The third-order valence-corrected chi connectivity index (χ3v) is 5.97. The fourth-order valence-corrected chi connectivity index (χ4v) is 4.19. The normalized spacial score (nSPS) is 18.2. The smallest absolute Gasteiger partial charge is 0.248 e. The summed E-state index contributed by atoms with van der Waals surface area (Å²) in [4.78, 5) is 23.9. The Kier molecular flexibility index (Phi) is 4.48. The molecule has 1 saturated carbocycles. The number of carbonyl (C=O) groups is 1. The van der Waals surface area contributed by atoms with Crippen LogP contribution in [0.5, 0.6) is 0 Å². The molecular weight excluding hydrogens is 406 g/mol. The highest BCUT2D eigenvalue weighted by Gasteiger charge is 2.33. The predicted octanol–water partition coefficient (Wildman–Crippen LogP) is 3.08. The topological polar surface area (TPSA) is 116 Å². The highest BCUT2D eigenvalue weighted by Crippen LogP contribution is 2.39. The van der Waals surface area contributed by atoms with Crippen LogP contribution in [0.25, 0.3) is 5.52 Å². The molecule has 10 nitrogen and oxygen atoms in total. The highest BCUT2D eigenvalue weighted by molar-refractivity contribution is 5.96. The summed E-state index contributed by atoms with van der Waals surface area (Å²) in [6.45, 7) is 0.709. The molecule has 1 atom stereocenters. The molecule has 0 radical (unpaired) electrons. The molecule has 0 unspecified atom stereocenters. The maximum absolute atomic E-state index is 13.0. The number of nitrogens with zero attached hydrogens (tertiary/aromatic N) is 6. The largest absolute Gasteiger partial charge is 0.327 e. The molecule has 3 N–H and O–H groups in total. The second-order valence-electron chi connectivity index (χ2n) is 8.26. The van der Waals surface area contributed by atoms with Gasteiger partial charge in [0.15, 0.2) is 11.6 Å². The maximum Gasteiger partial charge on any atom is 0.248 e. The number of hydrogen-bond donors (Lipinski definition) is 3. The van der Waals surface area contributed by atoms with Crippen molar-refractivity contribution in [3.05, 3.63) is 54.5 Å². The van der Waals surface area contributed by atoms with Gasteiger partial charge in [-0.05, 0) is 49.9 Å². The first-order valence-electron chi connectivity index (χ1n) is 10.9. The molecule has 0 spiro atoms. The minimum atomic E-state index is -0.357. The van der Waals surface area contributed by atoms with E-state index in [1.54, 1.807) is 16.8 Å². The number of pyridine rings is 1. The number of aromatic nitrogens is 6. The molecule has 1 aliphatic carbocycles. The van der Waals surface area contributed by atoms with E-state index in [9.17, 15) is 4.79 Å². The molecule has 162 valence electrons. The van der Waals surface area contributed by atoms with Gasteiger partial charge in [0.2, 0.25) is 11.9 Å². The van der Waals surface area contributed by atoms with Crippen molar-refractivity contribution in [3.8, 4) is 0 Å². The quantitative estimate of drug-likeness (QED) is 0.431. The maximum atomic E-state index is 13.0. The average molecular weight is 429 g/mol. The number of hydrogen-bond acceptors (Lipinski definition) is 7. The minimum absolute atomic E-state index is 0.103. The summed E-state index contributed by atoms with van der Waals surface area (Å²) < 4.78 is 1.78. The van der Waals surface area contributed by atoms with Gasteiger partial charge in [-0.15, -0.1) is 5.10 Å². The van der Waals surface area contributed by atoms with Gasteiger partial charge in [-0.1, -0.05) is 6.07 Å². The van der Waals surface area contributed by atoms with Crippen LogP contribution >= 0.6 is 0 Å². The number of carbonyl (C=O) groups excluding carboxylic acids is 1. The summed E-state index contributed by atoms with van der Waals surface area (Å²) >= 11 is 0. The molecule has 2 fully saturated rings. The Bertz CT molecular complexity index is 1260. The SMILES string of the molecule is O=C(Nc1ccccn1)[C@@H]1CCCN1c1nc(Nc2cc(C3CC3)[nH]n2)c2cccn2n1. The van der Waals surface area contributed by atoms with E-state index in [1.165, 1.54) is 12.8 Å². The fraction of sp³-hybridized carbons (Fsp3) is 0.318. The van der Waals surface area contributed by atoms with Crippen LogP contribution in [0.1, 0.15) is 37.3 Å². The van der Waals surface area contributed by atoms with Crippen LogP contribution in [0.2, 0.25) is 0 Å². The van der Waals surface area contributed by atoms with Crippen LogP contribution in [-0.4, -0.2) is 48.3 Å². The Morgan fingerprint density at radius 3 is 2.91 bits per heavy atom. The summed E-state index contributed by atoms with van der Waals surface area (Å²) in [5.74, 6) is 2.92. The molecule has 0 bridgehead atoms. The van der Waals surface area contributed by atoms with Gasteiger partial charge in [-0.3, -0.25) is 9.89 Å². The standard InChI is InChI=1S/C22H23N9O/c32-21(25-18-7-1-2-10-23-18)17-6-3-11-30(17)22-26-20(16-5-4-12-31(16)29-22)24-19-13-15(27-28-19)14-8-9-14/h1-2,4-5,7,10,12-14,17H,3,6,8-9,11H2,(H,23,25,32)(H2,24,26,27,28,29)/t17-/m0/s1. The Balaban J connectivity index is 1.28. The zero-order valence-corrected chi connectivity index (χ0v) is 17.4. The van der Waals surface area contributed by atoms with Gasteiger partial charge >= 0.3 is 0 Å². The van der Waals surface area contributed by atoms with Crippen molar-refractivity contribution in [2.24, 2.45) is 0 Å². The Labute approximate surface area is 184 Å². The van der Waals surface area contributed by atoms with Crippen LogP contribution in [0.4, 0.5) is 23.4 Å². The third kappa shape index (κ3) is 3.53. The molecule has 4 aromatic heterocycles. The van der Waals surface area contributed by atoms with E-state index in [-0.39, 0.29) is 11.9 Å². The van der Waals surface area contributed by atoms with Gasteiger partial charge in [0, 0.05) is 36.6 Å². The summed E-state index contributed by atoms with van der Waals surface area (Å²) in [6.07, 6.45) is 7.58. The number of aromatic amines is 1. The lowest BCUT2D eigenvalue weighted by molar-refractivity contribution is -0.117. The van der Waals surface area contributed by atoms with Crippen molar-refractivity contribution in [1.82, 2.24) is 29.8 Å². The number of anilines is 4. The van der Waals surface area contributed by atoms with Crippen molar-refractivity contribution in [2.75, 3.05) is 22.1 Å². The molecule has 5 heterocycles. The van der Waals surface area contributed by atoms with E-state index in [2.05, 4.69) is 30.9 Å². The molecule has 32 heavy (non-hydrogen) atoms. The van der Waals surface area contributed by atoms with E-state index in [1.807, 2.05) is 41.4 Å². The van der Waals surface area contributed by atoms with Gasteiger partial charge in [0.1, 0.15) is 17.4 Å². The van der Waals surface area contributed by atoms with E-state index >= 15 is 0 Å². The minimum Gasteiger partial charge on any atom is -0.327 e. The van der Waals surface area contributed by atoms with Gasteiger partial charge in [0.25, 0.3) is 0 Å². The molecule has 1 amide bonds. The number of rotatable bonds is 6. The number of H-pyrrole nitrogens is 1. The van der Waals surface area contributed by atoms with E-state index in [0.717, 1.165) is 29.9 Å². The molecule has 1 saturated heterocycles. The first kappa shape index (κ1) is 18.8. The molecule has 6 rings (SSSR count). The molecule has 1 aliphatic heterocycles. The van der Waals surface area contributed by atoms with E-state index in [0.29, 0.717) is 30.0 Å². The Morgan fingerprint density at radius 1 is 1.12 bits per heavy atom. The lowest BCUT2D eigenvalue weighted by atomic mass is 10.2. The summed E-state index contributed by atoms with van der Waals surface area (Å²) in [5, 5.41) is 18.4. The van der Waals surface area contributed by atoms with Gasteiger partial charge in [-0.2, -0.15) is 10.1 Å². The average Bonchev–Trinajstić information content (AvgIpc) is 3.20. The molecule has 0 aromatic carbocycles. The lowest BCUT2D eigenvalue weighted by Gasteiger charge is -2.24. The first-order valence-corrected chi connectivity index (χ1v) is 10.9. The monoisotopic (exact) mass is 429 g/mol. The molecular formula is C22H23N9O. The van der Waals surface area contributed by atoms with Crippen molar-refractivity contribution < 1.29 is 4.79 Å². The van der Waals surface area contributed by atoms with Crippen molar-refractivity contribution in [1.29, 1.82) is 0 Å². The number of fused-ring (bicyclic) bond motifs is 1. The summed E-state index contributed by atoms with van der Waals surface area (Å²) in [6, 6.07) is 11.0. The van der Waals surface area contributed by atoms with Crippen LogP contribution in [0, 0.1) is 0 Å². The number of amides is 1. The predicted molar refractivity (Wildman–Crippen MR) is 120 cm³/mol. The summed E-state index contributed by atoms with van der Waals surface area (Å²) in [7, 11) is 0. The first-order chi connectivity index (χ1) is 15.7. The van der Waals surface area contributed by atoms with Crippen LogP contribution in [-0.2, 0) is 4.79 Å². The van der Waals surface area contributed by atoms with Crippen LogP contribution in [0.15, 0.2) is 48.8 Å². The zero-order valence-electron chi connectivity index (χ0n) is 17.4. The zero-order chi connectivity index (χ0) is 21.5.